The van der Waals surface area contributed by atoms with Gasteiger partial charge in [0, 0.05) is 40.5 Å². The van der Waals surface area contributed by atoms with Crippen molar-refractivity contribution in [3.05, 3.63) is 64.4 Å². The number of carbonyl (C=O) groups is 2. The summed E-state index contributed by atoms with van der Waals surface area (Å²) in [5, 5.41) is 25.0. The van der Waals surface area contributed by atoms with Crippen LogP contribution in [0.25, 0.3) is 16.5 Å². The Morgan fingerprint density at radius 3 is 2.53 bits per heavy atom. The minimum atomic E-state index is -0.858. The Kier molecular flexibility index (Phi) is 7.55. The lowest BCUT2D eigenvalue weighted by Gasteiger charge is -2.64. The summed E-state index contributed by atoms with van der Waals surface area (Å²) in [5.41, 5.74) is 5.66. The second-order valence-corrected chi connectivity index (χ2v) is 18.3. The molecule has 6 aliphatic rings. The van der Waals surface area contributed by atoms with Crippen molar-refractivity contribution in [3.8, 4) is 0 Å². The first-order valence-corrected chi connectivity index (χ1v) is 18.9. The predicted molar refractivity (Wildman–Crippen MR) is 196 cm³/mol. The van der Waals surface area contributed by atoms with E-state index in [1.807, 2.05) is 13.0 Å². The van der Waals surface area contributed by atoms with Gasteiger partial charge in [-0.15, -0.1) is 0 Å². The third kappa shape index (κ3) is 4.40. The standard InChI is InChI=1S/C43H55NO7/c1-22(2)34-37(48)32-31-24(27-20-39(3,4)51-40(5,6)33(27)36(31)47)19-25-26-18-23-12-13-28-41(7,15-11-17-50-30(46)21-49-10)29(45)14-16-42(28,8)43(23,9)38(26)44(34)35(25)32/h11,15,19-20,23,28-29,33-34,36,45,47H,1,12-14,16-18,21H2,2-10H3/b15-11+/t23?,28-,29-,33?,34-,36+,41-,42-,43+/m0/s1. The highest BCUT2D eigenvalue weighted by molar-refractivity contribution is 6.18. The van der Waals surface area contributed by atoms with Crippen LogP contribution < -0.4 is 0 Å². The van der Waals surface area contributed by atoms with Crippen LogP contribution in [0, 0.1) is 28.6 Å². The van der Waals surface area contributed by atoms with Crippen LogP contribution in [0.4, 0.5) is 0 Å². The van der Waals surface area contributed by atoms with Crippen molar-refractivity contribution in [2.45, 2.75) is 122 Å². The molecule has 8 rings (SSSR count). The third-order valence-corrected chi connectivity index (χ3v) is 14.7. The average Bonchev–Trinajstić information content (AvgIpc) is 3.70. The minimum absolute atomic E-state index is 0.0258. The molecule has 1 aromatic carbocycles. The molecule has 0 bridgehead atoms. The number of fused-ring (bicyclic) bond motifs is 11. The first-order chi connectivity index (χ1) is 23.8. The number of carbonyl (C=O) groups excluding carboxylic acids is 2. The van der Waals surface area contributed by atoms with Gasteiger partial charge in [0.2, 0.25) is 0 Å². The molecule has 2 aromatic rings. The molecule has 0 saturated heterocycles. The molecule has 9 atom stereocenters. The molecule has 8 heteroatoms. The molecule has 2 unspecified atom stereocenters. The Labute approximate surface area is 301 Å². The van der Waals surface area contributed by atoms with Crippen molar-refractivity contribution in [1.29, 1.82) is 0 Å². The zero-order chi connectivity index (χ0) is 36.8. The molecule has 1 aromatic heterocycles. The number of rotatable bonds is 6. The molecule has 274 valence electrons. The van der Waals surface area contributed by atoms with Crippen molar-refractivity contribution in [1.82, 2.24) is 4.57 Å². The fraction of sp³-hybridized carbons (Fsp3) is 0.628. The van der Waals surface area contributed by atoms with Crippen molar-refractivity contribution in [2.75, 3.05) is 20.3 Å². The summed E-state index contributed by atoms with van der Waals surface area (Å²) >= 11 is 0. The van der Waals surface area contributed by atoms with Gasteiger partial charge in [0.1, 0.15) is 19.3 Å². The monoisotopic (exact) mass is 697 g/mol. The van der Waals surface area contributed by atoms with E-state index in [0.717, 1.165) is 58.9 Å². The van der Waals surface area contributed by atoms with Gasteiger partial charge < -0.3 is 29.0 Å². The van der Waals surface area contributed by atoms with Crippen LogP contribution in [0.1, 0.15) is 126 Å². The molecular formula is C43H55NO7. The number of ether oxygens (including phenoxy) is 3. The Balaban J connectivity index is 1.31. The van der Waals surface area contributed by atoms with E-state index in [1.165, 1.54) is 18.4 Å². The molecule has 2 aliphatic heterocycles. The van der Waals surface area contributed by atoms with Crippen LogP contribution in [-0.2, 0) is 30.8 Å². The summed E-state index contributed by atoms with van der Waals surface area (Å²) < 4.78 is 19.1. The van der Waals surface area contributed by atoms with E-state index < -0.39 is 40.8 Å². The quantitative estimate of drug-likeness (QED) is 0.240. The predicted octanol–water partition coefficient (Wildman–Crippen LogP) is 7.34. The van der Waals surface area contributed by atoms with Crippen LogP contribution >= 0.6 is 0 Å². The van der Waals surface area contributed by atoms with Crippen molar-refractivity contribution in [3.63, 3.8) is 0 Å². The molecule has 2 N–H and O–H groups in total. The normalized spacial score (nSPS) is 38.3. The van der Waals surface area contributed by atoms with E-state index in [-0.39, 0.29) is 41.7 Å². The number of aliphatic hydroxyl groups is 2. The first-order valence-electron chi connectivity index (χ1n) is 18.9. The molecule has 4 aliphatic carbocycles. The lowest BCUT2D eigenvalue weighted by atomic mass is 9.40. The van der Waals surface area contributed by atoms with E-state index in [4.69, 9.17) is 14.2 Å². The lowest BCUT2D eigenvalue weighted by molar-refractivity contribution is -0.147. The number of hydrogen-bond donors (Lipinski definition) is 2. The molecule has 8 nitrogen and oxygen atoms in total. The molecule has 3 heterocycles. The Hall–Kier alpha value is -3.04. The number of ketones is 1. The number of Topliss-reactive ketones (excluding diaryl/α,β-unsaturated/α-hetero) is 1. The number of nitrogens with zero attached hydrogens (tertiary/aromatic N) is 1. The number of hydrogen-bond acceptors (Lipinski definition) is 7. The van der Waals surface area contributed by atoms with Gasteiger partial charge in [-0.1, -0.05) is 45.1 Å². The van der Waals surface area contributed by atoms with E-state index >= 15 is 0 Å². The number of methoxy groups -OCH3 is 1. The van der Waals surface area contributed by atoms with Gasteiger partial charge in [-0.3, -0.25) is 4.79 Å². The Morgan fingerprint density at radius 1 is 1.12 bits per heavy atom. The Morgan fingerprint density at radius 2 is 1.84 bits per heavy atom. The zero-order valence-electron chi connectivity index (χ0n) is 31.8. The summed E-state index contributed by atoms with van der Waals surface area (Å²) in [4.78, 5) is 26.8. The fourth-order valence-electron chi connectivity index (χ4n) is 12.7. The third-order valence-electron chi connectivity index (χ3n) is 14.7. The average molecular weight is 698 g/mol. The van der Waals surface area contributed by atoms with Gasteiger partial charge in [-0.25, -0.2) is 4.79 Å². The van der Waals surface area contributed by atoms with Crippen LogP contribution in [0.3, 0.4) is 0 Å². The van der Waals surface area contributed by atoms with E-state index in [0.29, 0.717) is 17.9 Å². The Bertz CT molecular complexity index is 1960. The summed E-state index contributed by atoms with van der Waals surface area (Å²) in [6, 6.07) is 1.76. The number of aromatic nitrogens is 1. The maximum Gasteiger partial charge on any atom is 0.332 e. The van der Waals surface area contributed by atoms with Crippen LogP contribution in [0.5, 0.6) is 0 Å². The second kappa shape index (κ2) is 11.0. The highest BCUT2D eigenvalue weighted by Crippen LogP contribution is 2.71. The van der Waals surface area contributed by atoms with Gasteiger partial charge in [0.05, 0.1) is 34.5 Å². The largest absolute Gasteiger partial charge is 0.460 e. The molecule has 0 amide bonds. The van der Waals surface area contributed by atoms with Crippen molar-refractivity contribution >= 4 is 28.2 Å². The fourth-order valence-corrected chi connectivity index (χ4v) is 12.7. The number of benzene rings is 1. The van der Waals surface area contributed by atoms with Gasteiger partial charge in [0.15, 0.2) is 5.78 Å². The van der Waals surface area contributed by atoms with Crippen molar-refractivity contribution < 1.29 is 34.0 Å². The highest BCUT2D eigenvalue weighted by Gasteiger charge is 2.67. The van der Waals surface area contributed by atoms with E-state index in [1.54, 1.807) is 0 Å². The molecular weight excluding hydrogens is 642 g/mol. The summed E-state index contributed by atoms with van der Waals surface area (Å²) in [6.45, 7) is 21.7. The van der Waals surface area contributed by atoms with Gasteiger partial charge in [-0.2, -0.15) is 0 Å². The van der Waals surface area contributed by atoms with Gasteiger partial charge in [-0.05, 0) is 113 Å². The lowest BCUT2D eigenvalue weighted by Crippen LogP contribution is -2.62. The smallest absolute Gasteiger partial charge is 0.332 e. The molecule has 51 heavy (non-hydrogen) atoms. The first kappa shape index (κ1) is 35.0. The summed E-state index contributed by atoms with van der Waals surface area (Å²) in [5.74, 6) is -0.127. The van der Waals surface area contributed by atoms with E-state index in [9.17, 15) is 19.8 Å². The highest BCUT2D eigenvalue weighted by atomic mass is 16.6. The van der Waals surface area contributed by atoms with Gasteiger partial charge in [0.25, 0.3) is 0 Å². The molecule has 2 fully saturated rings. The second-order valence-electron chi connectivity index (χ2n) is 18.3. The van der Waals surface area contributed by atoms with Crippen LogP contribution in [0.15, 0.2) is 36.4 Å². The number of esters is 1. The topological polar surface area (TPSA) is 107 Å². The number of allylic oxidation sites excluding steroid dienone is 1. The van der Waals surface area contributed by atoms with Gasteiger partial charge >= 0.3 is 5.97 Å². The zero-order valence-corrected chi connectivity index (χ0v) is 31.8. The molecule has 0 radical (unpaired) electrons. The maximum atomic E-state index is 14.9. The van der Waals surface area contributed by atoms with Crippen LogP contribution in [-0.4, -0.2) is 64.2 Å². The SMILES string of the molecule is C=C(C)[C@H]1C(=O)c2c3c(cc4c5c(n1c24)[C@@]1(C)C(CC[C@H]2[C@](C)(/C=C/COC(=O)COC)[C@@H](O)CC[C@@]21C)C5)C1=CC(C)(C)OC(C)(C)C1[C@@H]3O. The maximum absolute atomic E-state index is 14.9. The molecule has 0 spiro atoms. The summed E-state index contributed by atoms with van der Waals surface area (Å²) in [6.07, 6.45) is 9.21. The molecule has 2 saturated carbocycles. The minimum Gasteiger partial charge on any atom is -0.460 e. The summed E-state index contributed by atoms with van der Waals surface area (Å²) in [7, 11) is 1.47. The van der Waals surface area contributed by atoms with Crippen LogP contribution in [0.2, 0.25) is 0 Å². The number of aliphatic hydroxyl groups excluding tert-OH is 2. The van der Waals surface area contributed by atoms with E-state index in [2.05, 4.69) is 77.8 Å². The van der Waals surface area contributed by atoms with Crippen molar-refractivity contribution in [2.24, 2.45) is 28.6 Å².